The van der Waals surface area contributed by atoms with Crippen LogP contribution in [0.5, 0.6) is 5.75 Å². The van der Waals surface area contributed by atoms with E-state index in [-0.39, 0.29) is 18.1 Å². The molecule has 2 aromatic rings. The Morgan fingerprint density at radius 1 is 1.04 bits per heavy atom. The van der Waals surface area contributed by atoms with Crippen molar-refractivity contribution in [3.8, 4) is 5.75 Å². The highest BCUT2D eigenvalue weighted by atomic mass is 19.1. The summed E-state index contributed by atoms with van der Waals surface area (Å²) in [6, 6.07) is 12.7. The molecule has 0 aliphatic heterocycles. The van der Waals surface area contributed by atoms with Gasteiger partial charge in [-0.3, -0.25) is 9.59 Å². The monoisotopic (exact) mass is 359 g/mol. The van der Waals surface area contributed by atoms with E-state index in [1.807, 2.05) is 0 Å². The van der Waals surface area contributed by atoms with Crippen molar-refractivity contribution in [2.24, 2.45) is 0 Å². The number of amides is 1. The first-order chi connectivity index (χ1) is 12.6. The summed E-state index contributed by atoms with van der Waals surface area (Å²) >= 11 is 0. The molecule has 0 atom stereocenters. The molecule has 7 heteroatoms. The first-order valence-corrected chi connectivity index (χ1v) is 7.93. The van der Waals surface area contributed by atoms with Gasteiger partial charge in [0.15, 0.2) is 19.5 Å². The maximum Gasteiger partial charge on any atom is 0.344 e. The quantitative estimate of drug-likeness (QED) is 0.546. The van der Waals surface area contributed by atoms with Crippen LogP contribution in [0.4, 0.5) is 4.39 Å². The number of benzene rings is 2. The number of carbonyl (C=O) groups excluding carboxylic acids is 3. The van der Waals surface area contributed by atoms with E-state index in [1.165, 1.54) is 6.07 Å². The van der Waals surface area contributed by atoms with Crippen LogP contribution in [0.25, 0.3) is 0 Å². The van der Waals surface area contributed by atoms with Gasteiger partial charge in [-0.2, -0.15) is 0 Å². The Hall–Kier alpha value is -3.22. The molecule has 0 fully saturated rings. The van der Waals surface area contributed by atoms with E-state index in [9.17, 15) is 18.8 Å². The van der Waals surface area contributed by atoms with Gasteiger partial charge in [0.05, 0.1) is 5.56 Å². The van der Waals surface area contributed by atoms with Crippen LogP contribution in [-0.4, -0.2) is 37.9 Å². The Morgan fingerprint density at radius 3 is 2.54 bits per heavy atom. The molecular formula is C19H18FNO5. The summed E-state index contributed by atoms with van der Waals surface area (Å²) in [6.45, 7) is -0.664. The van der Waals surface area contributed by atoms with Crippen molar-refractivity contribution in [1.82, 2.24) is 5.32 Å². The number of halogens is 1. The van der Waals surface area contributed by atoms with Crippen molar-refractivity contribution in [1.29, 1.82) is 0 Å². The maximum absolute atomic E-state index is 13.4. The fraction of sp³-hybridized carbons (Fsp3) is 0.211. The first-order valence-electron chi connectivity index (χ1n) is 7.93. The molecule has 0 aliphatic carbocycles. The highest BCUT2D eigenvalue weighted by Crippen LogP contribution is 2.15. The Bertz CT molecular complexity index is 778. The largest absolute Gasteiger partial charge is 0.481 e. The molecule has 136 valence electrons. The number of carbonyl (C=O) groups is 3. The molecule has 0 aromatic heterocycles. The molecule has 1 N–H and O–H groups in total. The highest BCUT2D eigenvalue weighted by molar-refractivity contribution is 5.81. The molecule has 1 amide bonds. The zero-order chi connectivity index (χ0) is 18.8. The number of esters is 1. The summed E-state index contributed by atoms with van der Waals surface area (Å²) in [5, 5.41) is 2.54. The fourth-order valence-electron chi connectivity index (χ4n) is 2.12. The summed E-state index contributed by atoms with van der Waals surface area (Å²) in [6.07, 6.45) is 0.946. The molecule has 26 heavy (non-hydrogen) atoms. The Labute approximate surface area is 149 Å². The van der Waals surface area contributed by atoms with Crippen molar-refractivity contribution >= 4 is 18.2 Å². The fourth-order valence-corrected chi connectivity index (χ4v) is 2.12. The van der Waals surface area contributed by atoms with Gasteiger partial charge in [-0.25, -0.2) is 9.18 Å². The van der Waals surface area contributed by atoms with Crippen LogP contribution >= 0.6 is 0 Å². The van der Waals surface area contributed by atoms with E-state index >= 15 is 0 Å². The van der Waals surface area contributed by atoms with Gasteiger partial charge in [0.1, 0.15) is 11.6 Å². The Morgan fingerprint density at radius 2 is 1.77 bits per heavy atom. The lowest BCUT2D eigenvalue weighted by Gasteiger charge is -2.09. The van der Waals surface area contributed by atoms with Crippen LogP contribution < -0.4 is 10.1 Å². The van der Waals surface area contributed by atoms with Crippen LogP contribution in [0.2, 0.25) is 0 Å². The summed E-state index contributed by atoms with van der Waals surface area (Å²) < 4.78 is 23.4. The first kappa shape index (κ1) is 19.1. The number of aldehydes is 1. The minimum absolute atomic E-state index is 0.223. The lowest BCUT2D eigenvalue weighted by atomic mass is 10.1. The van der Waals surface area contributed by atoms with Crippen LogP contribution in [0, 0.1) is 5.82 Å². The van der Waals surface area contributed by atoms with Crippen molar-refractivity contribution in [3.63, 3.8) is 0 Å². The SMILES string of the molecule is O=Cc1ccccc1OCC(=O)OCC(=O)NCCc1ccccc1F. The predicted molar refractivity (Wildman–Crippen MR) is 91.4 cm³/mol. The van der Waals surface area contributed by atoms with Crippen molar-refractivity contribution in [3.05, 3.63) is 65.5 Å². The third-order valence-corrected chi connectivity index (χ3v) is 3.43. The van der Waals surface area contributed by atoms with E-state index in [0.29, 0.717) is 23.8 Å². The van der Waals surface area contributed by atoms with Crippen molar-refractivity contribution < 1.29 is 28.2 Å². The Kier molecular flexibility index (Phi) is 7.30. The van der Waals surface area contributed by atoms with Gasteiger partial charge >= 0.3 is 5.97 Å². The molecule has 6 nitrogen and oxygen atoms in total. The minimum Gasteiger partial charge on any atom is -0.481 e. The Balaban J connectivity index is 1.66. The maximum atomic E-state index is 13.4. The molecule has 0 bridgehead atoms. The average Bonchev–Trinajstić information content (AvgIpc) is 2.66. The number of para-hydroxylation sites is 1. The molecule has 0 radical (unpaired) electrons. The van der Waals surface area contributed by atoms with E-state index in [4.69, 9.17) is 9.47 Å². The number of rotatable bonds is 9. The molecule has 2 rings (SSSR count). The van der Waals surface area contributed by atoms with E-state index in [0.717, 1.165) is 0 Å². The smallest absolute Gasteiger partial charge is 0.344 e. The third kappa shape index (κ3) is 6.01. The van der Waals surface area contributed by atoms with Gasteiger partial charge in [0.25, 0.3) is 5.91 Å². The molecule has 0 saturated heterocycles. The second-order valence-corrected chi connectivity index (χ2v) is 5.30. The minimum atomic E-state index is -0.741. The number of hydrogen-bond acceptors (Lipinski definition) is 5. The third-order valence-electron chi connectivity index (χ3n) is 3.43. The van der Waals surface area contributed by atoms with E-state index in [2.05, 4.69) is 5.32 Å². The van der Waals surface area contributed by atoms with Gasteiger partial charge < -0.3 is 14.8 Å². The van der Waals surface area contributed by atoms with Crippen LogP contribution in [0.15, 0.2) is 48.5 Å². The zero-order valence-corrected chi connectivity index (χ0v) is 13.9. The molecule has 0 saturated carbocycles. The van der Waals surface area contributed by atoms with Crippen LogP contribution in [0.3, 0.4) is 0 Å². The van der Waals surface area contributed by atoms with Crippen molar-refractivity contribution in [2.45, 2.75) is 6.42 Å². The highest BCUT2D eigenvalue weighted by Gasteiger charge is 2.10. The topological polar surface area (TPSA) is 81.7 Å². The summed E-state index contributed by atoms with van der Waals surface area (Å²) in [5.41, 5.74) is 0.804. The summed E-state index contributed by atoms with van der Waals surface area (Å²) in [4.78, 5) is 34.1. The molecule has 2 aromatic carbocycles. The lowest BCUT2D eigenvalue weighted by molar-refractivity contribution is -0.150. The number of nitrogens with one attached hydrogen (secondary N) is 1. The van der Waals surface area contributed by atoms with E-state index in [1.54, 1.807) is 42.5 Å². The molecule has 0 heterocycles. The summed E-state index contributed by atoms with van der Waals surface area (Å²) in [5.74, 6) is -1.31. The van der Waals surface area contributed by atoms with Gasteiger partial charge in [0, 0.05) is 6.54 Å². The normalized spacial score (nSPS) is 10.0. The number of hydrogen-bond donors (Lipinski definition) is 1. The second-order valence-electron chi connectivity index (χ2n) is 5.30. The average molecular weight is 359 g/mol. The second kappa shape index (κ2) is 9.93. The zero-order valence-electron chi connectivity index (χ0n) is 13.9. The molecule has 0 aliphatic rings. The van der Waals surface area contributed by atoms with Gasteiger partial charge in [0.2, 0.25) is 0 Å². The molecule has 0 unspecified atom stereocenters. The summed E-state index contributed by atoms with van der Waals surface area (Å²) in [7, 11) is 0. The number of ether oxygens (including phenoxy) is 2. The van der Waals surface area contributed by atoms with Gasteiger partial charge in [-0.15, -0.1) is 0 Å². The van der Waals surface area contributed by atoms with Crippen molar-refractivity contribution in [2.75, 3.05) is 19.8 Å². The van der Waals surface area contributed by atoms with Crippen LogP contribution in [0.1, 0.15) is 15.9 Å². The molecule has 0 spiro atoms. The predicted octanol–water partition coefficient (Wildman–Crippen LogP) is 1.92. The van der Waals surface area contributed by atoms with Gasteiger partial charge in [-0.1, -0.05) is 30.3 Å². The lowest BCUT2D eigenvalue weighted by Crippen LogP contribution is -2.31. The molecular weight excluding hydrogens is 341 g/mol. The van der Waals surface area contributed by atoms with Crippen LogP contribution in [-0.2, 0) is 20.7 Å². The van der Waals surface area contributed by atoms with E-state index < -0.39 is 25.1 Å². The standard InChI is InChI=1S/C19H18FNO5/c20-16-7-3-1-5-14(16)9-10-21-18(23)12-26-19(24)13-25-17-8-4-2-6-15(17)11-22/h1-8,11H,9-10,12-13H2,(H,21,23). The van der Waals surface area contributed by atoms with Gasteiger partial charge in [-0.05, 0) is 30.2 Å².